The average Bonchev–Trinajstić information content (AvgIpc) is 2.92. The monoisotopic (exact) mass is 468 g/mol. The summed E-state index contributed by atoms with van der Waals surface area (Å²) in [6.07, 6.45) is 16.0. The molecular weight excluding hydrogens is 436 g/mol. The second-order valence-corrected chi connectivity index (χ2v) is 10.7. The smallest absolute Gasteiger partial charge is 0.114 e. The molecule has 0 fully saturated rings. The van der Waals surface area contributed by atoms with Crippen molar-refractivity contribution in [3.63, 3.8) is 0 Å². The molecule has 3 aliphatic rings. The summed E-state index contributed by atoms with van der Waals surface area (Å²) in [7, 11) is 0. The van der Waals surface area contributed by atoms with E-state index in [0.717, 1.165) is 6.54 Å². The van der Waals surface area contributed by atoms with E-state index in [1.165, 1.54) is 44.9 Å². The molecule has 3 aliphatic heterocycles. The van der Waals surface area contributed by atoms with Crippen molar-refractivity contribution in [2.24, 2.45) is 5.41 Å². The van der Waals surface area contributed by atoms with Crippen LogP contribution in [0.5, 0.6) is 0 Å². The van der Waals surface area contributed by atoms with Crippen molar-refractivity contribution in [1.29, 1.82) is 0 Å². The van der Waals surface area contributed by atoms with Crippen LogP contribution < -0.4 is 0 Å². The number of rotatable bonds is 3. The lowest BCUT2D eigenvalue weighted by molar-refractivity contribution is 0.302. The van der Waals surface area contributed by atoms with Crippen molar-refractivity contribution in [1.82, 2.24) is 9.80 Å². The van der Waals surface area contributed by atoms with E-state index in [0.29, 0.717) is 0 Å². The predicted molar refractivity (Wildman–Crippen MR) is 151 cm³/mol. The fourth-order valence-electron chi connectivity index (χ4n) is 5.32. The quantitative estimate of drug-likeness (QED) is 0.381. The minimum atomic E-state index is 0.0952. The number of benzene rings is 3. The molecule has 36 heavy (non-hydrogen) atoms. The van der Waals surface area contributed by atoms with E-state index in [1.54, 1.807) is 0 Å². The van der Waals surface area contributed by atoms with Crippen molar-refractivity contribution in [3.05, 3.63) is 144 Å². The molecule has 0 aliphatic carbocycles. The van der Waals surface area contributed by atoms with Gasteiger partial charge in [0.1, 0.15) is 5.82 Å². The van der Waals surface area contributed by atoms with Gasteiger partial charge in [-0.15, -0.1) is 0 Å². The van der Waals surface area contributed by atoms with Crippen molar-refractivity contribution in [2.45, 2.75) is 26.8 Å². The summed E-state index contributed by atoms with van der Waals surface area (Å²) in [5.74, 6) is 1.21. The molecule has 6 rings (SSSR count). The lowest BCUT2D eigenvalue weighted by atomic mass is 9.82. The Bertz CT molecular complexity index is 1430. The summed E-state index contributed by atoms with van der Waals surface area (Å²) in [6, 6.07) is 28.5. The molecule has 0 N–H and O–H groups in total. The molecule has 3 heterocycles. The van der Waals surface area contributed by atoms with Gasteiger partial charge in [-0.3, -0.25) is 0 Å². The van der Waals surface area contributed by atoms with Crippen molar-refractivity contribution >= 4 is 11.8 Å². The SMILES string of the molecule is CC(C)(C)C1=CCN2C(=C1)c1cc(-c3ccccc3)ccc1C=C2N1C=CC=CC1c1ccccc1. The fourth-order valence-corrected chi connectivity index (χ4v) is 5.32. The number of nitrogens with zero attached hydrogens (tertiary/aromatic N) is 2. The third-order valence-electron chi connectivity index (χ3n) is 7.30. The van der Waals surface area contributed by atoms with Gasteiger partial charge >= 0.3 is 0 Å². The Balaban J connectivity index is 1.50. The van der Waals surface area contributed by atoms with Gasteiger partial charge in [0.15, 0.2) is 0 Å². The van der Waals surface area contributed by atoms with Crippen molar-refractivity contribution in [2.75, 3.05) is 6.54 Å². The molecule has 2 heteroatoms. The predicted octanol–water partition coefficient (Wildman–Crippen LogP) is 8.42. The summed E-state index contributed by atoms with van der Waals surface area (Å²) in [6.45, 7) is 7.76. The summed E-state index contributed by atoms with van der Waals surface area (Å²) >= 11 is 0. The van der Waals surface area contributed by atoms with Gasteiger partial charge in [-0.2, -0.15) is 0 Å². The van der Waals surface area contributed by atoms with Gasteiger partial charge in [0.05, 0.1) is 11.7 Å². The van der Waals surface area contributed by atoms with Crippen LogP contribution in [0.1, 0.15) is 43.5 Å². The highest BCUT2D eigenvalue weighted by molar-refractivity contribution is 5.84. The lowest BCUT2D eigenvalue weighted by Crippen LogP contribution is -2.37. The molecule has 0 spiro atoms. The minimum absolute atomic E-state index is 0.0952. The first-order chi connectivity index (χ1) is 17.5. The molecule has 1 unspecified atom stereocenters. The zero-order valence-electron chi connectivity index (χ0n) is 21.2. The number of hydrogen-bond acceptors (Lipinski definition) is 2. The van der Waals surface area contributed by atoms with E-state index in [9.17, 15) is 0 Å². The number of fused-ring (bicyclic) bond motifs is 3. The molecule has 0 radical (unpaired) electrons. The highest BCUT2D eigenvalue weighted by Crippen LogP contribution is 2.44. The summed E-state index contributed by atoms with van der Waals surface area (Å²) < 4.78 is 0. The standard InChI is InChI=1S/C34H32N2/c1-34(2,3)29-19-21-36-32(24-29)30-22-27(25-12-6-4-7-13-25)17-18-28(30)23-33(36)35-20-11-10-16-31(35)26-14-8-5-9-15-26/h4-20,22-24,31H,21H2,1-3H3. The van der Waals surface area contributed by atoms with Crippen LogP contribution >= 0.6 is 0 Å². The van der Waals surface area contributed by atoms with Gasteiger partial charge in [0.2, 0.25) is 0 Å². The maximum atomic E-state index is 2.48. The Kier molecular flexibility index (Phi) is 5.53. The molecule has 0 bridgehead atoms. The lowest BCUT2D eigenvalue weighted by Gasteiger charge is -2.44. The zero-order valence-corrected chi connectivity index (χ0v) is 21.2. The summed E-state index contributed by atoms with van der Waals surface area (Å²) in [5, 5.41) is 0. The van der Waals surface area contributed by atoms with Gasteiger partial charge in [-0.1, -0.05) is 112 Å². The zero-order chi connectivity index (χ0) is 24.7. The van der Waals surface area contributed by atoms with E-state index < -0.39 is 0 Å². The molecule has 0 saturated carbocycles. The highest BCUT2D eigenvalue weighted by atomic mass is 15.3. The highest BCUT2D eigenvalue weighted by Gasteiger charge is 2.33. The van der Waals surface area contributed by atoms with Crippen LogP contribution in [0, 0.1) is 5.41 Å². The summed E-state index contributed by atoms with van der Waals surface area (Å²) in [4.78, 5) is 4.89. The maximum absolute atomic E-state index is 2.48. The van der Waals surface area contributed by atoms with Crippen LogP contribution in [-0.4, -0.2) is 16.3 Å². The first-order valence-electron chi connectivity index (χ1n) is 12.8. The van der Waals surface area contributed by atoms with Gasteiger partial charge in [-0.25, -0.2) is 0 Å². The molecule has 2 nitrogen and oxygen atoms in total. The molecule has 0 aromatic heterocycles. The molecule has 178 valence electrons. The Morgan fingerprint density at radius 1 is 0.778 bits per heavy atom. The van der Waals surface area contributed by atoms with Crippen LogP contribution in [0.3, 0.4) is 0 Å². The van der Waals surface area contributed by atoms with Gasteiger partial charge in [-0.05, 0) is 57.5 Å². The van der Waals surface area contributed by atoms with Crippen LogP contribution in [0.4, 0.5) is 0 Å². The molecule has 0 saturated heterocycles. The summed E-state index contributed by atoms with van der Waals surface area (Å²) in [5.41, 5.74) is 9.11. The maximum Gasteiger partial charge on any atom is 0.114 e. The van der Waals surface area contributed by atoms with Gasteiger partial charge in [0, 0.05) is 18.3 Å². The molecule has 0 amide bonds. The normalized spacial score (nSPS) is 18.8. The largest absolute Gasteiger partial charge is 0.323 e. The van der Waals surface area contributed by atoms with E-state index in [4.69, 9.17) is 0 Å². The number of allylic oxidation sites excluding steroid dienone is 4. The molecule has 3 aromatic rings. The number of hydrogen-bond donors (Lipinski definition) is 0. The Morgan fingerprint density at radius 2 is 1.53 bits per heavy atom. The van der Waals surface area contributed by atoms with Gasteiger partial charge in [0.25, 0.3) is 0 Å². The van der Waals surface area contributed by atoms with E-state index in [-0.39, 0.29) is 11.5 Å². The second kappa shape index (κ2) is 8.87. The van der Waals surface area contributed by atoms with Crippen molar-refractivity contribution in [3.8, 4) is 11.1 Å². The Morgan fingerprint density at radius 3 is 2.28 bits per heavy atom. The fraction of sp³-hybridized carbons (Fsp3) is 0.176. The van der Waals surface area contributed by atoms with E-state index in [1.807, 2.05) is 0 Å². The Labute approximate surface area is 214 Å². The third-order valence-corrected chi connectivity index (χ3v) is 7.30. The van der Waals surface area contributed by atoms with Gasteiger partial charge < -0.3 is 9.80 Å². The molecule has 1 atom stereocenters. The molecular formula is C34H32N2. The minimum Gasteiger partial charge on any atom is -0.323 e. The van der Waals surface area contributed by atoms with E-state index in [2.05, 4.69) is 152 Å². The van der Waals surface area contributed by atoms with Crippen LogP contribution in [0.25, 0.3) is 22.9 Å². The third kappa shape index (κ3) is 4.03. The average molecular weight is 469 g/mol. The van der Waals surface area contributed by atoms with Crippen LogP contribution in [0.2, 0.25) is 0 Å². The molecule has 3 aromatic carbocycles. The van der Waals surface area contributed by atoms with E-state index >= 15 is 0 Å². The topological polar surface area (TPSA) is 6.48 Å². The van der Waals surface area contributed by atoms with Crippen LogP contribution in [0.15, 0.2) is 127 Å². The first kappa shape index (κ1) is 22.4. The van der Waals surface area contributed by atoms with Crippen molar-refractivity contribution < 1.29 is 0 Å². The second-order valence-electron chi connectivity index (χ2n) is 10.7. The Hall–Kier alpha value is -4.04. The van der Waals surface area contributed by atoms with Crippen LogP contribution in [-0.2, 0) is 0 Å². The first-order valence-corrected chi connectivity index (χ1v) is 12.8.